The van der Waals surface area contributed by atoms with E-state index in [0.717, 1.165) is 11.2 Å². The molecule has 4 rings (SSSR count). The van der Waals surface area contributed by atoms with Gasteiger partial charge in [0.05, 0.1) is 11.2 Å². The van der Waals surface area contributed by atoms with Crippen molar-refractivity contribution in [2.45, 2.75) is 39.5 Å². The van der Waals surface area contributed by atoms with Gasteiger partial charge in [0.25, 0.3) is 0 Å². The summed E-state index contributed by atoms with van der Waals surface area (Å²) in [6.45, 7) is 8.99. The van der Waals surface area contributed by atoms with Crippen molar-refractivity contribution in [3.63, 3.8) is 0 Å². The van der Waals surface area contributed by atoms with Crippen molar-refractivity contribution in [2.24, 2.45) is 0 Å². The van der Waals surface area contributed by atoms with Gasteiger partial charge in [0.1, 0.15) is 0 Å². The monoisotopic (exact) mass is 339 g/mol. The predicted molar refractivity (Wildman–Crippen MR) is 113 cm³/mol. The number of aromatic nitrogens is 1. The van der Waals surface area contributed by atoms with Crippen molar-refractivity contribution in [2.75, 3.05) is 0 Å². The first kappa shape index (κ1) is 16.8. The molecule has 0 atom stereocenters. The lowest BCUT2D eigenvalue weighted by Crippen LogP contribution is -1.95. The molecule has 3 aromatic carbocycles. The average molecular weight is 339 g/mol. The number of rotatable bonds is 3. The molecule has 1 nitrogen and oxygen atoms in total. The van der Waals surface area contributed by atoms with Crippen LogP contribution in [0.25, 0.3) is 32.9 Å². The predicted octanol–water partition coefficient (Wildman–Crippen LogP) is 7.30. The Bertz CT molecular complexity index is 1080. The van der Waals surface area contributed by atoms with E-state index < -0.39 is 0 Å². The van der Waals surface area contributed by atoms with E-state index in [-0.39, 0.29) is 0 Å². The van der Waals surface area contributed by atoms with Gasteiger partial charge in [-0.2, -0.15) is 0 Å². The molecule has 0 saturated carbocycles. The molecule has 0 spiro atoms. The van der Waals surface area contributed by atoms with E-state index in [1.165, 1.54) is 32.8 Å². The van der Waals surface area contributed by atoms with Gasteiger partial charge in [0, 0.05) is 10.9 Å². The van der Waals surface area contributed by atoms with E-state index in [1.54, 1.807) is 0 Å². The largest absolute Gasteiger partial charge is 0.248 e. The van der Waals surface area contributed by atoms with Gasteiger partial charge in [-0.15, -0.1) is 0 Å². The lowest BCUT2D eigenvalue weighted by atomic mass is 9.91. The highest BCUT2D eigenvalue weighted by Crippen LogP contribution is 2.35. The van der Waals surface area contributed by atoms with E-state index in [4.69, 9.17) is 4.98 Å². The first-order chi connectivity index (χ1) is 12.6. The van der Waals surface area contributed by atoms with Crippen molar-refractivity contribution in [3.05, 3.63) is 77.9 Å². The molecule has 0 aliphatic rings. The highest BCUT2D eigenvalue weighted by atomic mass is 14.7. The fourth-order valence-corrected chi connectivity index (χ4v) is 3.90. The maximum Gasteiger partial charge on any atom is 0.0716 e. The number of hydrogen-bond donors (Lipinski definition) is 0. The molecule has 0 saturated heterocycles. The Balaban J connectivity index is 1.99. The van der Waals surface area contributed by atoms with Gasteiger partial charge < -0.3 is 0 Å². The summed E-state index contributed by atoms with van der Waals surface area (Å²) in [5.74, 6) is 0.976. The second kappa shape index (κ2) is 6.57. The second-order valence-corrected chi connectivity index (χ2v) is 7.67. The van der Waals surface area contributed by atoms with E-state index in [2.05, 4.69) is 94.4 Å². The molecular formula is C25H25N. The van der Waals surface area contributed by atoms with Crippen molar-refractivity contribution in [1.29, 1.82) is 0 Å². The first-order valence-electron chi connectivity index (χ1n) is 9.48. The molecule has 0 aliphatic carbocycles. The van der Waals surface area contributed by atoms with Crippen molar-refractivity contribution in [1.82, 2.24) is 4.98 Å². The van der Waals surface area contributed by atoms with Crippen molar-refractivity contribution >= 4 is 21.7 Å². The van der Waals surface area contributed by atoms with Crippen LogP contribution in [-0.4, -0.2) is 4.98 Å². The summed E-state index contributed by atoms with van der Waals surface area (Å²) in [7, 11) is 0. The quantitative estimate of drug-likeness (QED) is 0.381. The maximum atomic E-state index is 5.04. The molecule has 1 heteroatoms. The molecule has 1 aromatic heterocycles. The van der Waals surface area contributed by atoms with Gasteiger partial charge in [0.2, 0.25) is 0 Å². The lowest BCUT2D eigenvalue weighted by Gasteiger charge is -2.15. The van der Waals surface area contributed by atoms with Crippen LogP contribution >= 0.6 is 0 Å². The fraction of sp³-hybridized carbons (Fsp3) is 0.240. The van der Waals surface area contributed by atoms with Crippen LogP contribution in [0.3, 0.4) is 0 Å². The van der Waals surface area contributed by atoms with E-state index in [0.29, 0.717) is 11.8 Å². The molecule has 26 heavy (non-hydrogen) atoms. The summed E-state index contributed by atoms with van der Waals surface area (Å²) < 4.78 is 0. The summed E-state index contributed by atoms with van der Waals surface area (Å²) in [4.78, 5) is 5.04. The topological polar surface area (TPSA) is 12.9 Å². The Morgan fingerprint density at radius 1 is 0.654 bits per heavy atom. The SMILES string of the molecule is CC(C)c1cccc2nc(-c3cccc4cccc(C(C)C)c34)ccc12. The zero-order chi connectivity index (χ0) is 18.3. The highest BCUT2D eigenvalue weighted by molar-refractivity contribution is 5.99. The normalized spacial score (nSPS) is 11.8. The molecule has 0 fully saturated rings. The van der Waals surface area contributed by atoms with Crippen LogP contribution in [-0.2, 0) is 0 Å². The van der Waals surface area contributed by atoms with E-state index >= 15 is 0 Å². The zero-order valence-corrected chi connectivity index (χ0v) is 16.0. The molecule has 130 valence electrons. The van der Waals surface area contributed by atoms with E-state index in [1.807, 2.05) is 0 Å². The number of nitrogens with zero attached hydrogens (tertiary/aromatic N) is 1. The maximum absolute atomic E-state index is 5.04. The van der Waals surface area contributed by atoms with Crippen LogP contribution in [0.2, 0.25) is 0 Å². The van der Waals surface area contributed by atoms with Crippen LogP contribution in [0, 0.1) is 0 Å². The van der Waals surface area contributed by atoms with Gasteiger partial charge in [-0.1, -0.05) is 82.3 Å². The van der Waals surface area contributed by atoms with Gasteiger partial charge in [-0.25, -0.2) is 4.98 Å². The van der Waals surface area contributed by atoms with Gasteiger partial charge in [-0.3, -0.25) is 0 Å². The van der Waals surface area contributed by atoms with Crippen LogP contribution in [0.15, 0.2) is 66.7 Å². The average Bonchev–Trinajstić information content (AvgIpc) is 2.65. The zero-order valence-electron chi connectivity index (χ0n) is 16.0. The van der Waals surface area contributed by atoms with Crippen molar-refractivity contribution < 1.29 is 0 Å². The Morgan fingerprint density at radius 3 is 2.04 bits per heavy atom. The lowest BCUT2D eigenvalue weighted by molar-refractivity contribution is 0.875. The molecule has 0 amide bonds. The number of pyridine rings is 1. The molecule has 1 heterocycles. The fourth-order valence-electron chi connectivity index (χ4n) is 3.90. The molecule has 4 aromatic rings. The summed E-state index contributed by atoms with van der Waals surface area (Å²) in [5.41, 5.74) is 6.10. The Kier molecular flexibility index (Phi) is 4.24. The first-order valence-corrected chi connectivity index (χ1v) is 9.48. The molecular weight excluding hydrogens is 314 g/mol. The minimum atomic E-state index is 0.479. The summed E-state index contributed by atoms with van der Waals surface area (Å²) in [6, 6.07) is 24.0. The Labute approximate surface area is 155 Å². The van der Waals surface area contributed by atoms with Crippen molar-refractivity contribution in [3.8, 4) is 11.3 Å². The molecule has 0 radical (unpaired) electrons. The number of hydrogen-bond acceptors (Lipinski definition) is 1. The molecule has 0 N–H and O–H groups in total. The Morgan fingerprint density at radius 2 is 1.31 bits per heavy atom. The summed E-state index contributed by atoms with van der Waals surface area (Å²) in [5, 5.41) is 3.87. The molecule has 0 aliphatic heterocycles. The van der Waals surface area contributed by atoms with E-state index in [9.17, 15) is 0 Å². The minimum absolute atomic E-state index is 0.479. The second-order valence-electron chi connectivity index (χ2n) is 7.67. The number of benzene rings is 3. The molecule has 0 bridgehead atoms. The van der Waals surface area contributed by atoms with Crippen LogP contribution in [0.1, 0.15) is 50.7 Å². The third kappa shape index (κ3) is 2.78. The Hall–Kier alpha value is -2.67. The standard InChI is InChI=1S/C25H25N/c1-16(2)19-10-7-13-23-21(19)14-15-24(26-23)22-12-6-9-18-8-5-11-20(17(3)4)25(18)22/h5-17H,1-4H3. The number of fused-ring (bicyclic) bond motifs is 2. The van der Waals surface area contributed by atoms with Crippen LogP contribution < -0.4 is 0 Å². The molecule has 0 unspecified atom stereocenters. The van der Waals surface area contributed by atoms with Crippen LogP contribution in [0.4, 0.5) is 0 Å². The highest BCUT2D eigenvalue weighted by Gasteiger charge is 2.13. The van der Waals surface area contributed by atoms with Gasteiger partial charge in [-0.05, 0) is 45.9 Å². The minimum Gasteiger partial charge on any atom is -0.248 e. The summed E-state index contributed by atoms with van der Waals surface area (Å²) >= 11 is 0. The summed E-state index contributed by atoms with van der Waals surface area (Å²) in [6.07, 6.45) is 0. The van der Waals surface area contributed by atoms with Gasteiger partial charge in [0.15, 0.2) is 0 Å². The third-order valence-electron chi connectivity index (χ3n) is 5.22. The van der Waals surface area contributed by atoms with Crippen LogP contribution in [0.5, 0.6) is 0 Å². The smallest absolute Gasteiger partial charge is 0.0716 e. The third-order valence-corrected chi connectivity index (χ3v) is 5.22. The van der Waals surface area contributed by atoms with Gasteiger partial charge >= 0.3 is 0 Å².